The Bertz CT molecular complexity index is 441. The highest BCUT2D eigenvalue weighted by atomic mass is 19.2. The van der Waals surface area contributed by atoms with Crippen molar-refractivity contribution in [1.82, 2.24) is 4.90 Å². The van der Waals surface area contributed by atoms with Crippen LogP contribution in [0.25, 0.3) is 0 Å². The standard InChI is InChI=1S/C12H15F5N2O/c1-19(5-6-20-2)4-3-18-12-10(16)8(14)7(13)9(15)11(12)17/h18H,3-6H2,1-2H3. The lowest BCUT2D eigenvalue weighted by molar-refractivity contribution is 0.163. The zero-order valence-corrected chi connectivity index (χ0v) is 11.1. The molecule has 0 atom stereocenters. The van der Waals surface area contributed by atoms with Crippen molar-refractivity contribution in [1.29, 1.82) is 0 Å². The maximum atomic E-state index is 13.3. The molecule has 0 aromatic heterocycles. The summed E-state index contributed by atoms with van der Waals surface area (Å²) in [4.78, 5) is 1.78. The highest BCUT2D eigenvalue weighted by Crippen LogP contribution is 2.26. The van der Waals surface area contributed by atoms with E-state index in [1.807, 2.05) is 0 Å². The molecule has 1 N–H and O–H groups in total. The minimum atomic E-state index is -2.16. The Labute approximate surface area is 113 Å². The third-order valence-corrected chi connectivity index (χ3v) is 2.68. The summed E-state index contributed by atoms with van der Waals surface area (Å²) in [6.07, 6.45) is 0. The van der Waals surface area contributed by atoms with Crippen LogP contribution in [0.2, 0.25) is 0 Å². The first-order chi connectivity index (χ1) is 9.40. The van der Waals surface area contributed by atoms with Gasteiger partial charge < -0.3 is 15.0 Å². The van der Waals surface area contributed by atoms with Crippen molar-refractivity contribution >= 4 is 5.69 Å². The van der Waals surface area contributed by atoms with Gasteiger partial charge in [0.25, 0.3) is 0 Å². The minimum absolute atomic E-state index is 0.0264. The second kappa shape index (κ2) is 7.39. The zero-order valence-electron chi connectivity index (χ0n) is 11.1. The smallest absolute Gasteiger partial charge is 0.200 e. The van der Waals surface area contributed by atoms with Crippen molar-refractivity contribution in [2.75, 3.05) is 45.7 Å². The van der Waals surface area contributed by atoms with Crippen molar-refractivity contribution in [2.45, 2.75) is 0 Å². The summed E-state index contributed by atoms with van der Waals surface area (Å²) in [6.45, 7) is 1.43. The molecule has 1 rings (SSSR count). The summed E-state index contributed by atoms with van der Waals surface area (Å²) in [5.74, 6) is -9.80. The highest BCUT2D eigenvalue weighted by molar-refractivity contribution is 5.47. The van der Waals surface area contributed by atoms with E-state index in [1.54, 1.807) is 11.9 Å². The molecule has 0 saturated carbocycles. The van der Waals surface area contributed by atoms with E-state index in [0.29, 0.717) is 19.7 Å². The number of anilines is 1. The molecule has 0 heterocycles. The number of likely N-dealkylation sites (N-methyl/N-ethyl adjacent to an activating group) is 1. The maximum Gasteiger partial charge on any atom is 0.200 e. The Hall–Kier alpha value is -1.41. The molecule has 0 aliphatic rings. The Morgan fingerprint density at radius 1 is 0.900 bits per heavy atom. The number of nitrogens with zero attached hydrogens (tertiary/aromatic N) is 1. The Morgan fingerprint density at radius 3 is 1.90 bits per heavy atom. The Morgan fingerprint density at radius 2 is 1.40 bits per heavy atom. The topological polar surface area (TPSA) is 24.5 Å². The molecule has 0 bridgehead atoms. The molecule has 0 aliphatic carbocycles. The van der Waals surface area contributed by atoms with Gasteiger partial charge >= 0.3 is 0 Å². The molecule has 3 nitrogen and oxygen atoms in total. The first-order valence-electron chi connectivity index (χ1n) is 5.83. The molecule has 0 spiro atoms. The zero-order chi connectivity index (χ0) is 15.3. The van der Waals surface area contributed by atoms with Crippen molar-refractivity contribution in [3.63, 3.8) is 0 Å². The van der Waals surface area contributed by atoms with Crippen LogP contribution in [-0.2, 0) is 4.74 Å². The maximum absolute atomic E-state index is 13.3. The molecule has 0 radical (unpaired) electrons. The molecule has 20 heavy (non-hydrogen) atoms. The van der Waals surface area contributed by atoms with Crippen molar-refractivity contribution < 1.29 is 26.7 Å². The van der Waals surface area contributed by atoms with E-state index in [4.69, 9.17) is 4.74 Å². The molecule has 8 heteroatoms. The third kappa shape index (κ3) is 3.80. The number of benzene rings is 1. The molecule has 1 aromatic rings. The van der Waals surface area contributed by atoms with Crippen LogP contribution in [0.3, 0.4) is 0 Å². The third-order valence-electron chi connectivity index (χ3n) is 2.68. The van der Waals surface area contributed by atoms with E-state index in [9.17, 15) is 22.0 Å². The lowest BCUT2D eigenvalue weighted by Gasteiger charge is -2.17. The molecule has 1 aromatic carbocycles. The second-order valence-electron chi connectivity index (χ2n) is 4.17. The summed E-state index contributed by atoms with van der Waals surface area (Å²) in [5, 5.41) is 2.22. The first-order valence-corrected chi connectivity index (χ1v) is 5.83. The van der Waals surface area contributed by atoms with Gasteiger partial charge in [0.2, 0.25) is 5.82 Å². The van der Waals surface area contributed by atoms with E-state index < -0.39 is 34.8 Å². The normalized spacial score (nSPS) is 11.2. The average Bonchev–Trinajstić information content (AvgIpc) is 2.44. The number of halogens is 5. The molecule has 0 saturated heterocycles. The van der Waals surface area contributed by atoms with Crippen LogP contribution in [-0.4, -0.2) is 45.3 Å². The largest absolute Gasteiger partial charge is 0.383 e. The monoisotopic (exact) mass is 298 g/mol. The summed E-state index contributed by atoms with van der Waals surface area (Å²) in [5.41, 5.74) is -1.01. The molecular weight excluding hydrogens is 283 g/mol. The Balaban J connectivity index is 2.69. The Kier molecular flexibility index (Phi) is 6.15. The highest BCUT2D eigenvalue weighted by Gasteiger charge is 2.25. The number of methoxy groups -OCH3 is 1. The van der Waals surface area contributed by atoms with Gasteiger partial charge in [-0.2, -0.15) is 0 Å². The predicted octanol–water partition coefficient (Wildman–Crippen LogP) is 2.37. The summed E-state index contributed by atoms with van der Waals surface area (Å²) in [7, 11) is 3.26. The van der Waals surface area contributed by atoms with Gasteiger partial charge in [-0.15, -0.1) is 0 Å². The number of ether oxygens (including phenoxy) is 1. The van der Waals surface area contributed by atoms with Crippen LogP contribution in [0.4, 0.5) is 27.6 Å². The number of hydrogen-bond donors (Lipinski definition) is 1. The quantitative estimate of drug-likeness (QED) is 0.475. The van der Waals surface area contributed by atoms with E-state index in [0.717, 1.165) is 0 Å². The van der Waals surface area contributed by atoms with Crippen LogP contribution in [0, 0.1) is 29.1 Å². The van der Waals surface area contributed by atoms with Crippen LogP contribution in [0.15, 0.2) is 0 Å². The van der Waals surface area contributed by atoms with Crippen LogP contribution in [0.5, 0.6) is 0 Å². The van der Waals surface area contributed by atoms with E-state index in [1.165, 1.54) is 7.11 Å². The fourth-order valence-corrected chi connectivity index (χ4v) is 1.49. The lowest BCUT2D eigenvalue weighted by atomic mass is 10.2. The second-order valence-corrected chi connectivity index (χ2v) is 4.17. The van der Waals surface area contributed by atoms with Crippen molar-refractivity contribution in [3.05, 3.63) is 29.1 Å². The molecule has 114 valence electrons. The van der Waals surface area contributed by atoms with Crippen molar-refractivity contribution in [2.24, 2.45) is 0 Å². The molecule has 0 fully saturated rings. The van der Waals surface area contributed by atoms with Crippen molar-refractivity contribution in [3.8, 4) is 0 Å². The molecular formula is C12H15F5N2O. The van der Waals surface area contributed by atoms with Gasteiger partial charge in [-0.3, -0.25) is 0 Å². The van der Waals surface area contributed by atoms with Crippen LogP contribution < -0.4 is 5.32 Å². The SMILES string of the molecule is COCCN(C)CCNc1c(F)c(F)c(F)c(F)c1F. The van der Waals surface area contributed by atoms with E-state index in [2.05, 4.69) is 5.32 Å². The number of nitrogens with one attached hydrogen (secondary N) is 1. The summed E-state index contributed by atoms with van der Waals surface area (Å²) < 4.78 is 70.1. The molecule has 0 aliphatic heterocycles. The van der Waals surface area contributed by atoms with E-state index in [-0.39, 0.29) is 6.54 Å². The number of rotatable bonds is 7. The fraction of sp³-hybridized carbons (Fsp3) is 0.500. The van der Waals surface area contributed by atoms with Crippen LogP contribution in [0.1, 0.15) is 0 Å². The van der Waals surface area contributed by atoms with Gasteiger partial charge in [0, 0.05) is 26.7 Å². The predicted molar refractivity (Wildman–Crippen MR) is 64.1 cm³/mol. The van der Waals surface area contributed by atoms with E-state index >= 15 is 0 Å². The van der Waals surface area contributed by atoms with Gasteiger partial charge in [-0.05, 0) is 7.05 Å². The van der Waals surface area contributed by atoms with Gasteiger partial charge in [0.15, 0.2) is 23.3 Å². The fourth-order valence-electron chi connectivity index (χ4n) is 1.49. The molecule has 0 amide bonds. The van der Waals surface area contributed by atoms with Crippen LogP contribution >= 0.6 is 0 Å². The first kappa shape index (κ1) is 16.6. The van der Waals surface area contributed by atoms with Gasteiger partial charge in [0.05, 0.1) is 6.61 Å². The average molecular weight is 298 g/mol. The minimum Gasteiger partial charge on any atom is -0.383 e. The molecule has 0 unspecified atom stereocenters. The summed E-state index contributed by atoms with van der Waals surface area (Å²) >= 11 is 0. The lowest BCUT2D eigenvalue weighted by Crippen LogP contribution is -2.28. The summed E-state index contributed by atoms with van der Waals surface area (Å²) in [6, 6.07) is 0. The van der Waals surface area contributed by atoms with Gasteiger partial charge in [-0.1, -0.05) is 0 Å². The van der Waals surface area contributed by atoms with Gasteiger partial charge in [-0.25, -0.2) is 22.0 Å². The van der Waals surface area contributed by atoms with Gasteiger partial charge in [0.1, 0.15) is 5.69 Å². The number of hydrogen-bond acceptors (Lipinski definition) is 3.